The Hall–Kier alpha value is -2.08. The van der Waals surface area contributed by atoms with E-state index in [4.69, 9.17) is 0 Å². The lowest BCUT2D eigenvalue weighted by atomic mass is 10.2. The van der Waals surface area contributed by atoms with Crippen LogP contribution >= 0.6 is 0 Å². The van der Waals surface area contributed by atoms with E-state index in [0.29, 0.717) is 5.69 Å². The molecule has 0 amide bonds. The summed E-state index contributed by atoms with van der Waals surface area (Å²) in [7, 11) is -4.05. The lowest BCUT2D eigenvalue weighted by Gasteiger charge is -2.26. The van der Waals surface area contributed by atoms with Crippen LogP contribution in [0.25, 0.3) is 0 Å². The lowest BCUT2D eigenvalue weighted by Crippen LogP contribution is -2.34. The Morgan fingerprint density at radius 1 is 1.14 bits per heavy atom. The number of nitrogens with zero attached hydrogens (tertiary/aromatic N) is 1. The van der Waals surface area contributed by atoms with E-state index in [9.17, 15) is 17.9 Å². The molecule has 0 unspecified atom stereocenters. The van der Waals surface area contributed by atoms with Gasteiger partial charge in [0.05, 0.1) is 5.69 Å². The average molecular weight is 323 g/mol. The Morgan fingerprint density at radius 2 is 1.82 bits per heavy atom. The molecule has 0 aliphatic heterocycles. The second-order valence-corrected chi connectivity index (χ2v) is 7.21. The number of aromatic hydroxyl groups is 1. The molecule has 0 aromatic heterocycles. The van der Waals surface area contributed by atoms with Gasteiger partial charge in [-0.25, -0.2) is 12.8 Å². The van der Waals surface area contributed by atoms with Crippen LogP contribution in [-0.2, 0) is 10.0 Å². The van der Waals surface area contributed by atoms with Crippen LogP contribution in [0.5, 0.6) is 5.75 Å². The first-order chi connectivity index (χ1) is 10.3. The van der Waals surface area contributed by atoms with Crippen molar-refractivity contribution in [2.24, 2.45) is 5.92 Å². The summed E-state index contributed by atoms with van der Waals surface area (Å²) >= 11 is 0. The Kier molecular flexibility index (Phi) is 4.71. The molecular formula is C16H18FNO3S. The zero-order valence-electron chi connectivity index (χ0n) is 12.4. The quantitative estimate of drug-likeness (QED) is 0.917. The van der Waals surface area contributed by atoms with Crippen molar-refractivity contribution in [3.63, 3.8) is 0 Å². The molecule has 0 spiro atoms. The van der Waals surface area contributed by atoms with E-state index >= 15 is 0 Å². The van der Waals surface area contributed by atoms with Crippen molar-refractivity contribution in [1.29, 1.82) is 0 Å². The van der Waals surface area contributed by atoms with E-state index in [1.165, 1.54) is 30.3 Å². The molecule has 4 nitrogen and oxygen atoms in total. The first-order valence-corrected chi connectivity index (χ1v) is 8.32. The number of halogens is 1. The molecule has 2 aromatic rings. The van der Waals surface area contributed by atoms with Gasteiger partial charge < -0.3 is 5.11 Å². The number of hydrogen-bond donors (Lipinski definition) is 1. The SMILES string of the molecule is CC(C)CN(c1cccc(O)c1)S(=O)(=O)c1ccccc1F. The van der Waals surface area contributed by atoms with Crippen LogP contribution in [0.2, 0.25) is 0 Å². The molecule has 6 heteroatoms. The Bertz CT molecular complexity index is 759. The van der Waals surface area contributed by atoms with E-state index in [-0.39, 0.29) is 23.1 Å². The highest BCUT2D eigenvalue weighted by Gasteiger charge is 2.28. The minimum Gasteiger partial charge on any atom is -0.508 e. The number of phenolic OH excluding ortho intramolecular Hbond substituents is 1. The average Bonchev–Trinajstić information content (AvgIpc) is 2.44. The van der Waals surface area contributed by atoms with Crippen LogP contribution in [0.15, 0.2) is 53.4 Å². The molecule has 2 aromatic carbocycles. The number of anilines is 1. The molecule has 0 bridgehead atoms. The van der Waals surface area contributed by atoms with Gasteiger partial charge >= 0.3 is 0 Å². The van der Waals surface area contributed by atoms with Crippen LogP contribution in [0.3, 0.4) is 0 Å². The van der Waals surface area contributed by atoms with Crippen LogP contribution < -0.4 is 4.31 Å². The predicted molar refractivity (Wildman–Crippen MR) is 83.9 cm³/mol. The number of benzene rings is 2. The van der Waals surface area contributed by atoms with Gasteiger partial charge in [-0.15, -0.1) is 0 Å². The second kappa shape index (κ2) is 6.36. The van der Waals surface area contributed by atoms with Gasteiger partial charge in [-0.2, -0.15) is 0 Å². The topological polar surface area (TPSA) is 57.6 Å². The van der Waals surface area contributed by atoms with Gasteiger partial charge in [0.15, 0.2) is 0 Å². The largest absolute Gasteiger partial charge is 0.508 e. The van der Waals surface area contributed by atoms with Crippen molar-refractivity contribution in [1.82, 2.24) is 0 Å². The van der Waals surface area contributed by atoms with Crippen molar-refractivity contribution in [2.75, 3.05) is 10.8 Å². The number of phenols is 1. The summed E-state index contributed by atoms with van der Waals surface area (Å²) in [6.45, 7) is 3.92. The summed E-state index contributed by atoms with van der Waals surface area (Å²) in [5.41, 5.74) is 0.303. The first-order valence-electron chi connectivity index (χ1n) is 6.88. The minimum absolute atomic E-state index is 0.0314. The highest BCUT2D eigenvalue weighted by Crippen LogP contribution is 2.28. The van der Waals surface area contributed by atoms with Crippen LogP contribution in [0.1, 0.15) is 13.8 Å². The summed E-state index contributed by atoms with van der Waals surface area (Å²) in [5, 5.41) is 9.59. The monoisotopic (exact) mass is 323 g/mol. The molecule has 0 aliphatic carbocycles. The van der Waals surface area contributed by atoms with E-state index in [1.807, 2.05) is 13.8 Å². The third-order valence-electron chi connectivity index (χ3n) is 3.05. The fourth-order valence-electron chi connectivity index (χ4n) is 2.09. The van der Waals surface area contributed by atoms with Gasteiger partial charge in [0, 0.05) is 12.6 Å². The summed E-state index contributed by atoms with van der Waals surface area (Å²) < 4.78 is 40.7. The molecule has 2 rings (SSSR count). The molecule has 0 radical (unpaired) electrons. The third kappa shape index (κ3) is 3.39. The standard InChI is InChI=1S/C16H18FNO3S/c1-12(2)11-18(13-6-5-7-14(19)10-13)22(20,21)16-9-4-3-8-15(16)17/h3-10,12,19H,11H2,1-2H3. The zero-order chi connectivity index (χ0) is 16.3. The minimum atomic E-state index is -4.05. The molecule has 0 fully saturated rings. The van der Waals surface area contributed by atoms with Gasteiger partial charge in [0.25, 0.3) is 10.0 Å². The van der Waals surface area contributed by atoms with Crippen LogP contribution in [0, 0.1) is 11.7 Å². The van der Waals surface area contributed by atoms with Crippen LogP contribution in [-0.4, -0.2) is 20.1 Å². The van der Waals surface area contributed by atoms with Gasteiger partial charge in [0.1, 0.15) is 16.5 Å². The maximum atomic E-state index is 13.9. The van der Waals surface area contributed by atoms with E-state index in [2.05, 4.69) is 0 Å². The van der Waals surface area contributed by atoms with E-state index < -0.39 is 15.8 Å². The summed E-state index contributed by atoms with van der Waals surface area (Å²) in [4.78, 5) is -0.376. The smallest absolute Gasteiger partial charge is 0.267 e. The highest BCUT2D eigenvalue weighted by atomic mass is 32.2. The van der Waals surface area contributed by atoms with Gasteiger partial charge in [-0.05, 0) is 30.2 Å². The molecule has 0 heterocycles. The molecule has 0 saturated heterocycles. The molecule has 0 saturated carbocycles. The van der Waals surface area contributed by atoms with E-state index in [0.717, 1.165) is 10.4 Å². The molecule has 0 atom stereocenters. The maximum Gasteiger partial charge on any atom is 0.267 e. The van der Waals surface area contributed by atoms with Crippen molar-refractivity contribution in [3.8, 4) is 5.75 Å². The Morgan fingerprint density at radius 3 is 2.41 bits per heavy atom. The number of hydrogen-bond acceptors (Lipinski definition) is 3. The fraction of sp³-hybridized carbons (Fsp3) is 0.250. The van der Waals surface area contributed by atoms with Gasteiger partial charge in [0.2, 0.25) is 0 Å². The van der Waals surface area contributed by atoms with Gasteiger partial charge in [-0.1, -0.05) is 32.0 Å². The number of rotatable bonds is 5. The lowest BCUT2D eigenvalue weighted by molar-refractivity contribution is 0.475. The molecule has 1 N–H and O–H groups in total. The maximum absolute atomic E-state index is 13.9. The molecule has 22 heavy (non-hydrogen) atoms. The summed E-state index contributed by atoms with van der Waals surface area (Å²) in [6.07, 6.45) is 0. The van der Waals surface area contributed by atoms with Crippen molar-refractivity contribution in [2.45, 2.75) is 18.7 Å². The number of sulfonamides is 1. The van der Waals surface area contributed by atoms with Crippen molar-refractivity contribution in [3.05, 3.63) is 54.3 Å². The molecule has 0 aliphatic rings. The van der Waals surface area contributed by atoms with E-state index in [1.54, 1.807) is 12.1 Å². The second-order valence-electron chi connectivity index (χ2n) is 5.38. The Labute approximate surface area is 129 Å². The summed E-state index contributed by atoms with van der Waals surface area (Å²) in [6, 6.07) is 11.2. The van der Waals surface area contributed by atoms with Crippen molar-refractivity contribution >= 4 is 15.7 Å². The molecular weight excluding hydrogens is 305 g/mol. The Balaban J connectivity index is 2.56. The third-order valence-corrected chi connectivity index (χ3v) is 4.88. The predicted octanol–water partition coefficient (Wildman–Crippen LogP) is 3.38. The fourth-order valence-corrected chi connectivity index (χ4v) is 3.78. The first kappa shape index (κ1) is 16.3. The summed E-state index contributed by atoms with van der Waals surface area (Å²) in [5.74, 6) is -0.810. The zero-order valence-corrected chi connectivity index (χ0v) is 13.2. The highest BCUT2D eigenvalue weighted by molar-refractivity contribution is 7.92. The van der Waals surface area contributed by atoms with Crippen molar-refractivity contribution < 1.29 is 17.9 Å². The molecule has 118 valence electrons. The van der Waals surface area contributed by atoms with Crippen LogP contribution in [0.4, 0.5) is 10.1 Å². The van der Waals surface area contributed by atoms with Gasteiger partial charge in [-0.3, -0.25) is 4.31 Å². The normalized spacial score (nSPS) is 11.6.